The molecule has 1 aromatic carbocycles. The quantitative estimate of drug-likeness (QED) is 0.502. The van der Waals surface area contributed by atoms with Gasteiger partial charge in [-0.25, -0.2) is 15.0 Å². The summed E-state index contributed by atoms with van der Waals surface area (Å²) < 4.78 is 10.3. The molecule has 8 nitrogen and oxygen atoms in total. The molecule has 0 aliphatic carbocycles. The molecule has 1 atom stereocenters. The molecule has 138 valence electrons. The van der Waals surface area contributed by atoms with Crippen molar-refractivity contribution in [1.29, 1.82) is 5.26 Å². The first-order chi connectivity index (χ1) is 13.1. The number of oxazole rings is 1. The number of carbonyl (C=O) groups is 1. The van der Waals surface area contributed by atoms with E-state index >= 15 is 0 Å². The lowest BCUT2D eigenvalue weighted by Gasteiger charge is -2.11. The Morgan fingerprint density at radius 2 is 2.19 bits per heavy atom. The lowest BCUT2D eigenvalue weighted by Crippen LogP contribution is -2.12. The van der Waals surface area contributed by atoms with Gasteiger partial charge >= 0.3 is 5.97 Å². The molecule has 0 radical (unpaired) electrons. The Morgan fingerprint density at radius 1 is 1.37 bits per heavy atom. The number of nitrogens with zero attached hydrogens (tertiary/aromatic N) is 4. The molecule has 0 aliphatic heterocycles. The van der Waals surface area contributed by atoms with E-state index in [4.69, 9.17) is 4.42 Å². The molecule has 2 aromatic heterocycles. The van der Waals surface area contributed by atoms with E-state index in [0.717, 1.165) is 5.56 Å². The minimum absolute atomic E-state index is 0.261. The summed E-state index contributed by atoms with van der Waals surface area (Å²) in [7, 11) is 1.36. The zero-order valence-corrected chi connectivity index (χ0v) is 15.1. The van der Waals surface area contributed by atoms with E-state index in [9.17, 15) is 10.1 Å². The third kappa shape index (κ3) is 4.20. The average Bonchev–Trinajstić information content (AvgIpc) is 3.11. The highest BCUT2D eigenvalue weighted by Crippen LogP contribution is 2.27. The van der Waals surface area contributed by atoms with Crippen LogP contribution in [0.2, 0.25) is 0 Å². The maximum Gasteiger partial charge on any atom is 0.305 e. The summed E-state index contributed by atoms with van der Waals surface area (Å²) in [6.45, 7) is 2.35. The van der Waals surface area contributed by atoms with Crippen molar-refractivity contribution in [2.45, 2.75) is 25.7 Å². The number of carbonyl (C=O) groups excluding carboxylic acids is 1. The number of nitriles is 1. The van der Waals surface area contributed by atoms with Crippen LogP contribution in [0.15, 0.2) is 34.9 Å². The maximum absolute atomic E-state index is 11.1. The Morgan fingerprint density at radius 3 is 2.93 bits per heavy atom. The van der Waals surface area contributed by atoms with Gasteiger partial charge in [0.25, 0.3) is 0 Å². The van der Waals surface area contributed by atoms with E-state index in [1.807, 2.05) is 25.1 Å². The molecule has 3 aromatic rings. The Bertz CT molecular complexity index is 959. The lowest BCUT2D eigenvalue weighted by atomic mass is 10.0. The number of para-hydroxylation sites is 2. The molecule has 0 spiro atoms. The number of aromatic nitrogens is 3. The number of ether oxygens (including phenoxy) is 1. The highest BCUT2D eigenvalue weighted by molar-refractivity contribution is 5.72. The summed E-state index contributed by atoms with van der Waals surface area (Å²) in [5.74, 6) is -0.312. The van der Waals surface area contributed by atoms with Gasteiger partial charge in [0.2, 0.25) is 11.8 Å². The Labute approximate surface area is 156 Å². The number of anilines is 1. The van der Waals surface area contributed by atoms with Crippen molar-refractivity contribution in [3.8, 4) is 6.07 Å². The number of hydrogen-bond acceptors (Lipinski definition) is 8. The van der Waals surface area contributed by atoms with Gasteiger partial charge in [0.15, 0.2) is 11.5 Å². The monoisotopic (exact) mass is 365 g/mol. The SMILES string of the molecule is COC(=O)CCCNc1ncc(C)c(C(C#N)c2nc3ccccc3o2)n1. The largest absolute Gasteiger partial charge is 0.469 e. The summed E-state index contributed by atoms with van der Waals surface area (Å²) in [6, 6.07) is 9.57. The van der Waals surface area contributed by atoms with Crippen LogP contribution in [0.3, 0.4) is 0 Å². The zero-order valence-electron chi connectivity index (χ0n) is 15.1. The first kappa shape index (κ1) is 18.3. The molecule has 0 amide bonds. The summed E-state index contributed by atoms with van der Waals surface area (Å²) in [4.78, 5) is 24.3. The van der Waals surface area contributed by atoms with Gasteiger partial charge in [-0.15, -0.1) is 0 Å². The van der Waals surface area contributed by atoms with Crippen molar-refractivity contribution in [3.05, 3.63) is 47.6 Å². The van der Waals surface area contributed by atoms with Crippen LogP contribution in [0.5, 0.6) is 0 Å². The van der Waals surface area contributed by atoms with E-state index in [1.54, 1.807) is 12.3 Å². The molecular weight excluding hydrogens is 346 g/mol. The molecule has 3 rings (SSSR count). The van der Waals surface area contributed by atoms with Gasteiger partial charge in [0.05, 0.1) is 18.9 Å². The molecule has 0 aliphatic rings. The predicted octanol–water partition coefficient (Wildman–Crippen LogP) is 2.95. The van der Waals surface area contributed by atoms with Gasteiger partial charge in [-0.3, -0.25) is 4.79 Å². The highest BCUT2D eigenvalue weighted by Gasteiger charge is 2.24. The first-order valence-corrected chi connectivity index (χ1v) is 8.51. The molecule has 0 fully saturated rings. The molecule has 1 unspecified atom stereocenters. The lowest BCUT2D eigenvalue weighted by molar-refractivity contribution is -0.140. The highest BCUT2D eigenvalue weighted by atomic mass is 16.5. The van der Waals surface area contributed by atoms with Crippen molar-refractivity contribution >= 4 is 23.0 Å². The van der Waals surface area contributed by atoms with Crippen molar-refractivity contribution in [2.24, 2.45) is 0 Å². The van der Waals surface area contributed by atoms with Crippen molar-refractivity contribution in [1.82, 2.24) is 15.0 Å². The van der Waals surface area contributed by atoms with Gasteiger partial charge < -0.3 is 14.5 Å². The number of fused-ring (bicyclic) bond motifs is 1. The third-order valence-corrected chi connectivity index (χ3v) is 4.04. The molecular formula is C19H19N5O3. The van der Waals surface area contributed by atoms with Crippen molar-refractivity contribution < 1.29 is 13.9 Å². The molecule has 27 heavy (non-hydrogen) atoms. The minimum atomic E-state index is -0.740. The Balaban J connectivity index is 1.79. The number of nitrogens with one attached hydrogen (secondary N) is 1. The fourth-order valence-electron chi connectivity index (χ4n) is 2.61. The fourth-order valence-corrected chi connectivity index (χ4v) is 2.61. The Kier molecular flexibility index (Phi) is 5.61. The number of esters is 1. The number of aryl methyl sites for hydroxylation is 1. The van der Waals surface area contributed by atoms with Gasteiger partial charge in [-0.05, 0) is 31.0 Å². The van der Waals surface area contributed by atoms with Gasteiger partial charge in [0.1, 0.15) is 5.52 Å². The third-order valence-electron chi connectivity index (χ3n) is 4.04. The number of hydrogen-bond donors (Lipinski definition) is 1. The van der Waals surface area contributed by atoms with Gasteiger partial charge in [-0.1, -0.05) is 12.1 Å². The molecule has 2 heterocycles. The van der Waals surface area contributed by atoms with Gasteiger partial charge in [0, 0.05) is 19.2 Å². The van der Waals surface area contributed by atoms with Crippen LogP contribution in [-0.2, 0) is 9.53 Å². The standard InChI is InChI=1S/C19H19N5O3/c1-12-11-22-19(21-9-5-8-16(25)26-2)24-17(12)13(10-20)18-23-14-6-3-4-7-15(14)27-18/h3-4,6-7,11,13H,5,8-9H2,1-2H3,(H,21,22,24). The van der Waals surface area contributed by atoms with Crippen LogP contribution in [0.4, 0.5) is 5.95 Å². The van der Waals surface area contributed by atoms with Crippen LogP contribution in [0.1, 0.15) is 35.9 Å². The molecule has 1 N–H and O–H groups in total. The summed E-state index contributed by atoms with van der Waals surface area (Å²) in [6.07, 6.45) is 2.55. The average molecular weight is 365 g/mol. The molecule has 0 saturated heterocycles. The van der Waals surface area contributed by atoms with E-state index in [1.165, 1.54) is 7.11 Å². The summed E-state index contributed by atoms with van der Waals surface area (Å²) in [5, 5.41) is 12.8. The van der Waals surface area contributed by atoms with Crippen molar-refractivity contribution in [2.75, 3.05) is 19.0 Å². The second-order valence-corrected chi connectivity index (χ2v) is 5.95. The minimum Gasteiger partial charge on any atom is -0.469 e. The second kappa shape index (κ2) is 8.27. The fraction of sp³-hybridized carbons (Fsp3) is 0.316. The molecule has 8 heteroatoms. The zero-order chi connectivity index (χ0) is 19.2. The summed E-state index contributed by atoms with van der Waals surface area (Å²) in [5.41, 5.74) is 2.62. The summed E-state index contributed by atoms with van der Waals surface area (Å²) >= 11 is 0. The van der Waals surface area contributed by atoms with E-state index in [0.29, 0.717) is 48.0 Å². The predicted molar refractivity (Wildman–Crippen MR) is 98.0 cm³/mol. The molecule has 0 saturated carbocycles. The van der Waals surface area contributed by atoms with Crippen molar-refractivity contribution in [3.63, 3.8) is 0 Å². The normalized spacial score (nSPS) is 11.7. The first-order valence-electron chi connectivity index (χ1n) is 8.51. The smallest absolute Gasteiger partial charge is 0.305 e. The van der Waals surface area contributed by atoms with Crippen LogP contribution < -0.4 is 5.32 Å². The number of methoxy groups -OCH3 is 1. The Hall–Kier alpha value is -3.47. The maximum atomic E-state index is 11.1. The topological polar surface area (TPSA) is 114 Å². The van der Waals surface area contributed by atoms with E-state index in [2.05, 4.69) is 31.1 Å². The second-order valence-electron chi connectivity index (χ2n) is 5.95. The molecule has 0 bridgehead atoms. The van der Waals surface area contributed by atoms with Crippen LogP contribution in [0, 0.1) is 18.3 Å². The van der Waals surface area contributed by atoms with Crippen LogP contribution in [0.25, 0.3) is 11.1 Å². The number of rotatable bonds is 7. The van der Waals surface area contributed by atoms with E-state index in [-0.39, 0.29) is 5.97 Å². The van der Waals surface area contributed by atoms with E-state index < -0.39 is 5.92 Å². The van der Waals surface area contributed by atoms with Gasteiger partial charge in [-0.2, -0.15) is 5.26 Å². The van der Waals surface area contributed by atoms with Crippen LogP contribution in [-0.4, -0.2) is 34.6 Å². The van der Waals surface area contributed by atoms with Crippen LogP contribution >= 0.6 is 0 Å². The number of benzene rings is 1.